The Kier molecular flexibility index (Phi) is 8.31. The van der Waals surface area contributed by atoms with Crippen molar-refractivity contribution in [3.8, 4) is 0 Å². The van der Waals surface area contributed by atoms with Gasteiger partial charge in [0.15, 0.2) is 5.82 Å². The Morgan fingerprint density at radius 1 is 1.29 bits per heavy atom. The number of nitrogens with zero attached hydrogens (tertiary/aromatic N) is 1. The molecule has 8 nitrogen and oxygen atoms in total. The van der Waals surface area contributed by atoms with Gasteiger partial charge in [-0.05, 0) is 19.3 Å². The van der Waals surface area contributed by atoms with Gasteiger partial charge in [0.25, 0.3) is 0 Å². The van der Waals surface area contributed by atoms with Crippen LogP contribution in [0.1, 0.15) is 26.0 Å². The summed E-state index contributed by atoms with van der Waals surface area (Å²) in [4.78, 5) is 34.5. The number of carboxylic acids is 1. The molecular weight excluding hydrogens is 334 g/mol. The van der Waals surface area contributed by atoms with E-state index in [4.69, 9.17) is 9.63 Å². The summed E-state index contributed by atoms with van der Waals surface area (Å²) in [6.45, 7) is 5.67. The van der Waals surface area contributed by atoms with Crippen LogP contribution in [0.4, 0.5) is 5.82 Å². The number of aliphatic carboxylic acids is 1. The summed E-state index contributed by atoms with van der Waals surface area (Å²) < 4.78 is 4.83. The van der Waals surface area contributed by atoms with Gasteiger partial charge in [-0.3, -0.25) is 14.4 Å². The minimum atomic E-state index is -0.918. The van der Waals surface area contributed by atoms with Gasteiger partial charge >= 0.3 is 5.97 Å². The Morgan fingerprint density at radius 2 is 1.96 bits per heavy atom. The third-order valence-corrected chi connectivity index (χ3v) is 3.95. The summed E-state index contributed by atoms with van der Waals surface area (Å²) in [5.41, 5.74) is 0. The van der Waals surface area contributed by atoms with Crippen LogP contribution in [0, 0.1) is 18.8 Å². The fraction of sp³-hybridized carbons (Fsp3) is 0.600. The Bertz CT molecular complexity index is 573. The summed E-state index contributed by atoms with van der Waals surface area (Å²) in [5.74, 6) is -0.762. The zero-order valence-electron chi connectivity index (χ0n) is 14.0. The Hall–Kier alpha value is -2.03. The molecule has 0 saturated carbocycles. The summed E-state index contributed by atoms with van der Waals surface area (Å²) in [6.07, 6.45) is 0.502. The molecule has 1 unspecified atom stereocenters. The highest BCUT2D eigenvalue weighted by Crippen LogP contribution is 2.11. The second kappa shape index (κ2) is 9.96. The molecule has 134 valence electrons. The van der Waals surface area contributed by atoms with Crippen LogP contribution in [0.15, 0.2) is 10.6 Å². The van der Waals surface area contributed by atoms with E-state index in [9.17, 15) is 14.4 Å². The van der Waals surface area contributed by atoms with Crippen LogP contribution in [0.3, 0.4) is 0 Å². The molecular formula is C15H23N3O5S. The van der Waals surface area contributed by atoms with Gasteiger partial charge in [-0.1, -0.05) is 19.0 Å². The van der Waals surface area contributed by atoms with E-state index in [1.807, 2.05) is 13.8 Å². The molecule has 9 heteroatoms. The van der Waals surface area contributed by atoms with E-state index in [-0.39, 0.29) is 35.8 Å². The molecule has 24 heavy (non-hydrogen) atoms. The Labute approximate surface area is 144 Å². The van der Waals surface area contributed by atoms with Gasteiger partial charge in [0, 0.05) is 12.6 Å². The van der Waals surface area contributed by atoms with Crippen LogP contribution < -0.4 is 10.6 Å². The van der Waals surface area contributed by atoms with Gasteiger partial charge in [-0.25, -0.2) is 0 Å². The van der Waals surface area contributed by atoms with Crippen molar-refractivity contribution in [2.45, 2.75) is 27.2 Å². The number of aromatic nitrogens is 1. The predicted octanol–water partition coefficient (Wildman–Crippen LogP) is 1.52. The zero-order chi connectivity index (χ0) is 18.1. The summed E-state index contributed by atoms with van der Waals surface area (Å²) in [6, 6.07) is 1.59. The number of carboxylic acid groups (broad SMARTS) is 1. The van der Waals surface area contributed by atoms with Crippen molar-refractivity contribution in [3.05, 3.63) is 11.8 Å². The third-order valence-electron chi connectivity index (χ3n) is 3.01. The highest BCUT2D eigenvalue weighted by atomic mass is 32.2. The molecule has 3 N–H and O–H groups in total. The summed E-state index contributed by atoms with van der Waals surface area (Å²) in [7, 11) is 0. The van der Waals surface area contributed by atoms with E-state index in [0.29, 0.717) is 18.0 Å². The first-order valence-electron chi connectivity index (χ1n) is 7.58. The molecule has 0 aliphatic rings. The molecule has 1 aromatic rings. The lowest BCUT2D eigenvalue weighted by Crippen LogP contribution is -2.34. The van der Waals surface area contributed by atoms with Crippen LogP contribution in [-0.2, 0) is 14.4 Å². The molecule has 1 rings (SSSR count). The Morgan fingerprint density at radius 3 is 2.50 bits per heavy atom. The maximum atomic E-state index is 11.7. The highest BCUT2D eigenvalue weighted by Gasteiger charge is 2.19. The normalized spacial score (nSPS) is 12.0. The lowest BCUT2D eigenvalue weighted by molar-refractivity contribution is -0.142. The van der Waals surface area contributed by atoms with Crippen molar-refractivity contribution >= 4 is 35.4 Å². The minimum Gasteiger partial charge on any atom is -0.481 e. The van der Waals surface area contributed by atoms with Gasteiger partial charge in [0.2, 0.25) is 11.8 Å². The fourth-order valence-corrected chi connectivity index (χ4v) is 2.62. The quantitative estimate of drug-likeness (QED) is 0.580. The number of hydrogen-bond donors (Lipinski definition) is 3. The number of rotatable bonds is 10. The van der Waals surface area contributed by atoms with Gasteiger partial charge in [-0.15, -0.1) is 11.8 Å². The van der Waals surface area contributed by atoms with Crippen LogP contribution in [0.5, 0.6) is 0 Å². The van der Waals surface area contributed by atoms with Crippen LogP contribution in [-0.4, -0.2) is 46.1 Å². The van der Waals surface area contributed by atoms with Crippen molar-refractivity contribution in [1.29, 1.82) is 0 Å². The highest BCUT2D eigenvalue weighted by molar-refractivity contribution is 8.00. The van der Waals surface area contributed by atoms with Crippen LogP contribution in [0.2, 0.25) is 0 Å². The topological polar surface area (TPSA) is 122 Å². The van der Waals surface area contributed by atoms with Crippen molar-refractivity contribution < 1.29 is 24.0 Å². The molecule has 0 radical (unpaired) electrons. The van der Waals surface area contributed by atoms with Gasteiger partial charge < -0.3 is 20.3 Å². The molecule has 0 bridgehead atoms. The molecule has 2 amide bonds. The van der Waals surface area contributed by atoms with E-state index in [1.54, 1.807) is 13.0 Å². The maximum Gasteiger partial charge on any atom is 0.308 e. The van der Waals surface area contributed by atoms with Crippen molar-refractivity contribution in [1.82, 2.24) is 10.5 Å². The number of hydrogen-bond acceptors (Lipinski definition) is 6. The molecule has 1 heterocycles. The largest absolute Gasteiger partial charge is 0.481 e. The maximum absolute atomic E-state index is 11.7. The molecule has 0 aliphatic carbocycles. The summed E-state index contributed by atoms with van der Waals surface area (Å²) in [5, 5.41) is 17.9. The van der Waals surface area contributed by atoms with E-state index in [1.165, 1.54) is 0 Å². The molecule has 0 fully saturated rings. The molecule has 0 aliphatic heterocycles. The minimum absolute atomic E-state index is 0.0826. The lowest BCUT2D eigenvalue weighted by atomic mass is 9.97. The predicted molar refractivity (Wildman–Crippen MR) is 90.8 cm³/mol. The van der Waals surface area contributed by atoms with Gasteiger partial charge in [0.1, 0.15) is 5.76 Å². The zero-order valence-corrected chi connectivity index (χ0v) is 14.8. The van der Waals surface area contributed by atoms with Gasteiger partial charge in [0.05, 0.1) is 17.4 Å². The second-order valence-corrected chi connectivity index (χ2v) is 6.82. The van der Waals surface area contributed by atoms with Crippen molar-refractivity contribution in [2.24, 2.45) is 11.8 Å². The van der Waals surface area contributed by atoms with Crippen molar-refractivity contribution in [3.63, 3.8) is 0 Å². The third kappa shape index (κ3) is 8.00. The molecule has 1 atom stereocenters. The monoisotopic (exact) mass is 357 g/mol. The van der Waals surface area contributed by atoms with Crippen molar-refractivity contribution in [2.75, 3.05) is 23.4 Å². The number of nitrogens with one attached hydrogen (secondary N) is 2. The lowest BCUT2D eigenvalue weighted by Gasteiger charge is -2.15. The van der Waals surface area contributed by atoms with E-state index in [2.05, 4.69) is 15.8 Å². The Balaban J connectivity index is 2.23. The first-order valence-corrected chi connectivity index (χ1v) is 8.73. The van der Waals surface area contributed by atoms with E-state index >= 15 is 0 Å². The molecule has 0 aromatic carbocycles. The number of anilines is 1. The standard InChI is InChI=1S/C15H23N3O5S/c1-9(2)4-11(15(21)22)6-16-13(19)7-24-8-14(20)17-12-5-10(3)23-18-12/h5,9,11H,4,6-8H2,1-3H3,(H,16,19)(H,21,22)(H,17,18,20). The fourth-order valence-electron chi connectivity index (χ4n) is 1.97. The summed E-state index contributed by atoms with van der Waals surface area (Å²) >= 11 is 1.14. The SMILES string of the molecule is Cc1cc(NC(=O)CSCC(=O)NCC(CC(C)C)C(=O)O)no1. The molecule has 0 spiro atoms. The molecule has 0 saturated heterocycles. The number of carbonyl (C=O) groups excluding carboxylic acids is 2. The first-order chi connectivity index (χ1) is 11.3. The number of carbonyl (C=O) groups is 3. The smallest absolute Gasteiger partial charge is 0.308 e. The average molecular weight is 357 g/mol. The van der Waals surface area contributed by atoms with E-state index in [0.717, 1.165) is 11.8 Å². The van der Waals surface area contributed by atoms with E-state index < -0.39 is 11.9 Å². The number of thioether (sulfide) groups is 1. The number of aryl methyl sites for hydroxylation is 1. The van der Waals surface area contributed by atoms with Crippen LogP contribution in [0.25, 0.3) is 0 Å². The van der Waals surface area contributed by atoms with Gasteiger partial charge in [-0.2, -0.15) is 0 Å². The first kappa shape index (κ1) is 20.0. The second-order valence-electron chi connectivity index (χ2n) is 5.83. The van der Waals surface area contributed by atoms with Crippen LogP contribution >= 0.6 is 11.8 Å². The average Bonchev–Trinajstić information content (AvgIpc) is 2.87. The number of amides is 2. The molecule has 1 aromatic heterocycles.